The fourth-order valence-corrected chi connectivity index (χ4v) is 3.51. The summed E-state index contributed by atoms with van der Waals surface area (Å²) in [5, 5.41) is 0.630. The number of rotatable bonds is 4. The van der Waals surface area contributed by atoms with Crippen LogP contribution in [-0.2, 0) is 19.5 Å². The monoisotopic (exact) mass is 399 g/mol. The minimum absolute atomic E-state index is 0.158. The maximum Gasteiger partial charge on any atom is 0.255 e. The molecule has 0 bridgehead atoms. The minimum Gasteiger partial charge on any atom is -0.497 e. The molecule has 144 valence electrons. The van der Waals surface area contributed by atoms with E-state index in [9.17, 15) is 9.18 Å². The first-order chi connectivity index (χ1) is 13.5. The number of hydrogen-bond donors (Lipinski definition) is 1. The highest BCUT2D eigenvalue weighted by atomic mass is 35.5. The zero-order chi connectivity index (χ0) is 19.7. The Morgan fingerprint density at radius 2 is 2.04 bits per heavy atom. The molecule has 28 heavy (non-hydrogen) atoms. The molecule has 2 aromatic carbocycles. The van der Waals surface area contributed by atoms with E-state index in [4.69, 9.17) is 16.3 Å². The third-order valence-corrected chi connectivity index (χ3v) is 5.17. The van der Waals surface area contributed by atoms with Gasteiger partial charge in [0, 0.05) is 48.3 Å². The molecule has 0 saturated carbocycles. The summed E-state index contributed by atoms with van der Waals surface area (Å²) in [6, 6.07) is 12.0. The van der Waals surface area contributed by atoms with E-state index < -0.39 is 0 Å². The minimum atomic E-state index is -0.310. The van der Waals surface area contributed by atoms with Crippen molar-refractivity contribution in [2.24, 2.45) is 0 Å². The van der Waals surface area contributed by atoms with E-state index in [0.29, 0.717) is 53.8 Å². The van der Waals surface area contributed by atoms with Crippen molar-refractivity contribution in [1.82, 2.24) is 14.9 Å². The zero-order valence-electron chi connectivity index (χ0n) is 15.3. The lowest BCUT2D eigenvalue weighted by Crippen LogP contribution is -2.35. The number of ether oxygens (including phenoxy) is 1. The third kappa shape index (κ3) is 3.79. The highest BCUT2D eigenvalue weighted by Gasteiger charge is 2.22. The van der Waals surface area contributed by atoms with Crippen molar-refractivity contribution >= 4 is 11.6 Å². The Kier molecular flexibility index (Phi) is 5.15. The number of H-pyrrole nitrogens is 1. The molecule has 0 spiro atoms. The maximum atomic E-state index is 14.2. The number of aromatic amines is 1. The second kappa shape index (κ2) is 7.73. The third-order valence-electron chi connectivity index (χ3n) is 4.92. The molecular formula is C21H19ClFN3O2. The summed E-state index contributed by atoms with van der Waals surface area (Å²) in [7, 11) is 1.51. The van der Waals surface area contributed by atoms with Crippen molar-refractivity contribution in [2.75, 3.05) is 13.7 Å². The quantitative estimate of drug-likeness (QED) is 0.725. The van der Waals surface area contributed by atoms with Gasteiger partial charge in [0.05, 0.1) is 18.4 Å². The fourth-order valence-electron chi connectivity index (χ4n) is 3.38. The number of methoxy groups -OCH3 is 1. The molecular weight excluding hydrogens is 381 g/mol. The van der Waals surface area contributed by atoms with E-state index in [1.807, 2.05) is 17.0 Å². The normalized spacial score (nSPS) is 14.0. The first-order valence-corrected chi connectivity index (χ1v) is 9.34. The van der Waals surface area contributed by atoms with Crippen molar-refractivity contribution in [2.45, 2.75) is 19.5 Å². The molecule has 0 fully saturated rings. The first kappa shape index (κ1) is 18.7. The van der Waals surface area contributed by atoms with Crippen LogP contribution in [0, 0.1) is 5.82 Å². The van der Waals surface area contributed by atoms with Crippen LogP contribution in [0.3, 0.4) is 0 Å². The fraction of sp³-hybridized carbons (Fsp3) is 0.238. The highest BCUT2D eigenvalue weighted by molar-refractivity contribution is 6.30. The van der Waals surface area contributed by atoms with Gasteiger partial charge < -0.3 is 9.72 Å². The van der Waals surface area contributed by atoms with E-state index in [1.54, 1.807) is 24.3 Å². The summed E-state index contributed by atoms with van der Waals surface area (Å²) < 4.78 is 19.3. The Labute approximate surface area is 166 Å². The van der Waals surface area contributed by atoms with Crippen molar-refractivity contribution in [1.29, 1.82) is 0 Å². The summed E-state index contributed by atoms with van der Waals surface area (Å²) >= 11 is 5.92. The SMILES string of the molecule is COc1ccc(CN2CCc3nc(-c4ccc(Cl)cc4)[nH]c(=O)c3C2)c(F)c1. The Morgan fingerprint density at radius 3 is 2.75 bits per heavy atom. The lowest BCUT2D eigenvalue weighted by Gasteiger charge is -2.28. The van der Waals surface area contributed by atoms with Gasteiger partial charge in [-0.2, -0.15) is 0 Å². The number of halogens is 2. The van der Waals surface area contributed by atoms with Gasteiger partial charge in [0.25, 0.3) is 5.56 Å². The molecule has 5 nitrogen and oxygen atoms in total. The molecule has 2 heterocycles. The lowest BCUT2D eigenvalue weighted by molar-refractivity contribution is 0.238. The summed E-state index contributed by atoms with van der Waals surface area (Å²) in [5.41, 5.74) is 2.66. The lowest BCUT2D eigenvalue weighted by atomic mass is 10.1. The summed E-state index contributed by atoms with van der Waals surface area (Å²) in [6.07, 6.45) is 0.637. The molecule has 0 radical (unpaired) electrons. The van der Waals surface area contributed by atoms with Gasteiger partial charge in [-0.3, -0.25) is 9.69 Å². The van der Waals surface area contributed by atoms with Crippen LogP contribution in [0.25, 0.3) is 11.4 Å². The van der Waals surface area contributed by atoms with Gasteiger partial charge in [0.2, 0.25) is 0 Å². The molecule has 1 aliphatic rings. The van der Waals surface area contributed by atoms with Crippen LogP contribution in [0.1, 0.15) is 16.8 Å². The number of hydrogen-bond acceptors (Lipinski definition) is 4. The van der Waals surface area contributed by atoms with Gasteiger partial charge in [-0.05, 0) is 30.3 Å². The number of nitrogens with zero attached hydrogens (tertiary/aromatic N) is 2. The summed E-state index contributed by atoms with van der Waals surface area (Å²) in [5.74, 6) is 0.714. The standard InChI is InChI=1S/C21H19ClFN3O2/c1-28-16-7-4-14(18(23)10-16)11-26-9-8-19-17(12-26)21(27)25-20(24-19)13-2-5-15(22)6-3-13/h2-7,10H,8-9,11-12H2,1H3,(H,24,25,27). The smallest absolute Gasteiger partial charge is 0.255 e. The van der Waals surface area contributed by atoms with Crippen LogP contribution < -0.4 is 10.3 Å². The number of benzene rings is 2. The summed E-state index contributed by atoms with van der Waals surface area (Å²) in [4.78, 5) is 22.2. The molecule has 0 aliphatic carbocycles. The number of nitrogens with one attached hydrogen (secondary N) is 1. The van der Waals surface area contributed by atoms with Crippen LogP contribution >= 0.6 is 11.6 Å². The van der Waals surface area contributed by atoms with Crippen molar-refractivity contribution in [3.63, 3.8) is 0 Å². The molecule has 0 amide bonds. The van der Waals surface area contributed by atoms with Crippen LogP contribution in [-0.4, -0.2) is 28.5 Å². The average Bonchev–Trinajstić information content (AvgIpc) is 2.70. The van der Waals surface area contributed by atoms with E-state index >= 15 is 0 Å². The number of aromatic nitrogens is 2. The topological polar surface area (TPSA) is 58.2 Å². The van der Waals surface area contributed by atoms with Crippen LogP contribution in [0.4, 0.5) is 4.39 Å². The Hall–Kier alpha value is -2.70. The molecule has 0 atom stereocenters. The van der Waals surface area contributed by atoms with Crippen LogP contribution in [0.15, 0.2) is 47.3 Å². The predicted molar refractivity (Wildman–Crippen MR) is 106 cm³/mol. The zero-order valence-corrected chi connectivity index (χ0v) is 16.1. The van der Waals surface area contributed by atoms with Gasteiger partial charge in [-0.25, -0.2) is 9.37 Å². The van der Waals surface area contributed by atoms with E-state index in [2.05, 4.69) is 9.97 Å². The Morgan fingerprint density at radius 1 is 1.25 bits per heavy atom. The van der Waals surface area contributed by atoms with Crippen LogP contribution in [0.5, 0.6) is 5.75 Å². The number of fused-ring (bicyclic) bond motifs is 1. The Bertz CT molecular complexity index is 1070. The van der Waals surface area contributed by atoms with Gasteiger partial charge in [0.1, 0.15) is 17.4 Å². The first-order valence-electron chi connectivity index (χ1n) is 8.96. The molecule has 1 N–H and O–H groups in total. The largest absolute Gasteiger partial charge is 0.497 e. The average molecular weight is 400 g/mol. The molecule has 0 saturated heterocycles. The second-order valence-corrected chi connectivity index (χ2v) is 7.20. The molecule has 3 aromatic rings. The molecule has 1 aromatic heterocycles. The van der Waals surface area contributed by atoms with Crippen molar-refractivity contribution in [3.8, 4) is 17.1 Å². The summed E-state index contributed by atoms with van der Waals surface area (Å²) in [6.45, 7) is 1.56. The maximum absolute atomic E-state index is 14.2. The highest BCUT2D eigenvalue weighted by Crippen LogP contribution is 2.23. The second-order valence-electron chi connectivity index (χ2n) is 6.76. The molecule has 0 unspecified atom stereocenters. The van der Waals surface area contributed by atoms with Crippen LogP contribution in [0.2, 0.25) is 5.02 Å². The molecule has 4 rings (SSSR count). The van der Waals surface area contributed by atoms with Crippen molar-refractivity contribution in [3.05, 3.63) is 80.5 Å². The van der Waals surface area contributed by atoms with E-state index in [1.165, 1.54) is 13.2 Å². The predicted octanol–water partition coefficient (Wildman–Crippen LogP) is 3.80. The van der Waals surface area contributed by atoms with Gasteiger partial charge in [0.15, 0.2) is 0 Å². The molecule has 1 aliphatic heterocycles. The van der Waals surface area contributed by atoms with Gasteiger partial charge in [-0.1, -0.05) is 17.7 Å². The van der Waals surface area contributed by atoms with Gasteiger partial charge >= 0.3 is 0 Å². The van der Waals surface area contributed by atoms with Crippen molar-refractivity contribution < 1.29 is 9.13 Å². The Balaban J connectivity index is 1.56. The van der Waals surface area contributed by atoms with E-state index in [-0.39, 0.29) is 11.4 Å². The molecule has 7 heteroatoms. The van der Waals surface area contributed by atoms with E-state index in [0.717, 1.165) is 11.3 Å². The van der Waals surface area contributed by atoms with Gasteiger partial charge in [-0.15, -0.1) is 0 Å².